The highest BCUT2D eigenvalue weighted by molar-refractivity contribution is 7.89. The molecule has 3 aromatic rings. The number of carbonyl (C=O) groups excluding carboxylic acids is 1. The molecule has 2 heterocycles. The summed E-state index contributed by atoms with van der Waals surface area (Å²) < 4.78 is 33.3. The second-order valence-electron chi connectivity index (χ2n) is 8.55. The van der Waals surface area contributed by atoms with Crippen LogP contribution in [0.1, 0.15) is 48.6 Å². The number of carboxylic acids is 1. The first kappa shape index (κ1) is 25.9. The number of esters is 1. The van der Waals surface area contributed by atoms with Crippen LogP contribution < -0.4 is 14.4 Å². The molecule has 1 fully saturated rings. The molecule has 1 aliphatic heterocycles. The zero-order chi connectivity index (χ0) is 25.7. The summed E-state index contributed by atoms with van der Waals surface area (Å²) in [6.07, 6.45) is 2.94. The Morgan fingerprint density at radius 3 is 2.28 bits per heavy atom. The average Bonchev–Trinajstić information content (AvgIpc) is 3.59. The number of rotatable bonds is 10. The summed E-state index contributed by atoms with van der Waals surface area (Å²) in [5, 5.41) is 11.1. The third-order valence-corrected chi connectivity index (χ3v) is 8.54. The standard InChI is InChI=1S/C26H28N2O6S2/c1-2-22(18-7-9-19(10-8-18)28-15-3-4-16-28)26(31)34-20-11-13-21(14-12-20)36(32,33)27-24(25(29)30)23-6-5-17-35-23/h5-14,17,22,24,27H,2-4,15-16H2,1H3,(H,29,30). The van der Waals surface area contributed by atoms with Gasteiger partial charge in [-0.2, -0.15) is 4.72 Å². The minimum atomic E-state index is -4.12. The molecule has 4 rings (SSSR count). The second-order valence-corrected chi connectivity index (χ2v) is 11.2. The smallest absolute Gasteiger partial charge is 0.327 e. The van der Waals surface area contributed by atoms with Gasteiger partial charge in [0, 0.05) is 23.7 Å². The molecule has 0 bridgehead atoms. The highest BCUT2D eigenvalue weighted by atomic mass is 32.2. The number of nitrogens with zero attached hydrogens (tertiary/aromatic N) is 1. The van der Waals surface area contributed by atoms with Crippen LogP contribution in [0.15, 0.2) is 70.9 Å². The molecule has 0 amide bonds. The molecule has 8 nitrogen and oxygen atoms in total. The van der Waals surface area contributed by atoms with Crippen molar-refractivity contribution in [2.24, 2.45) is 0 Å². The first-order valence-corrected chi connectivity index (χ1v) is 14.1. The first-order valence-electron chi connectivity index (χ1n) is 11.7. The van der Waals surface area contributed by atoms with Gasteiger partial charge in [-0.05, 0) is 72.7 Å². The lowest BCUT2D eigenvalue weighted by Crippen LogP contribution is -2.33. The number of carboxylic acid groups (broad SMARTS) is 1. The molecular formula is C26H28N2O6S2. The maximum absolute atomic E-state index is 12.9. The molecule has 190 valence electrons. The zero-order valence-electron chi connectivity index (χ0n) is 19.8. The molecular weight excluding hydrogens is 500 g/mol. The van der Waals surface area contributed by atoms with E-state index in [2.05, 4.69) is 9.62 Å². The lowest BCUT2D eigenvalue weighted by Gasteiger charge is -2.19. The molecule has 0 spiro atoms. The molecule has 0 radical (unpaired) electrons. The van der Waals surface area contributed by atoms with E-state index in [0.717, 1.165) is 35.7 Å². The van der Waals surface area contributed by atoms with Crippen molar-refractivity contribution in [3.8, 4) is 5.75 Å². The van der Waals surface area contributed by atoms with Crippen LogP contribution in [0, 0.1) is 0 Å². The van der Waals surface area contributed by atoms with Crippen molar-refractivity contribution in [3.05, 3.63) is 76.5 Å². The third kappa shape index (κ3) is 5.95. The van der Waals surface area contributed by atoms with Gasteiger partial charge in [0.15, 0.2) is 6.04 Å². The van der Waals surface area contributed by atoms with Gasteiger partial charge in [-0.1, -0.05) is 25.1 Å². The molecule has 1 aromatic heterocycles. The number of sulfonamides is 1. The van der Waals surface area contributed by atoms with Crippen molar-refractivity contribution >= 4 is 39.0 Å². The van der Waals surface area contributed by atoms with Crippen LogP contribution in [0.25, 0.3) is 0 Å². The van der Waals surface area contributed by atoms with Gasteiger partial charge in [0.25, 0.3) is 0 Å². The van der Waals surface area contributed by atoms with Crippen molar-refractivity contribution in [3.63, 3.8) is 0 Å². The quantitative estimate of drug-likeness (QED) is 0.293. The Kier molecular flexibility index (Phi) is 8.07. The molecule has 10 heteroatoms. The predicted octanol–water partition coefficient (Wildman–Crippen LogP) is 4.55. The minimum Gasteiger partial charge on any atom is -0.480 e. The van der Waals surface area contributed by atoms with Crippen LogP contribution in [-0.4, -0.2) is 38.6 Å². The van der Waals surface area contributed by atoms with Gasteiger partial charge in [-0.25, -0.2) is 8.42 Å². The molecule has 2 unspecified atom stereocenters. The minimum absolute atomic E-state index is 0.130. The Morgan fingerprint density at radius 1 is 1.06 bits per heavy atom. The normalized spacial score (nSPS) is 15.4. The number of aliphatic carboxylic acids is 1. The van der Waals surface area contributed by atoms with E-state index >= 15 is 0 Å². The Hall–Kier alpha value is -3.21. The summed E-state index contributed by atoms with van der Waals surface area (Å²) in [7, 11) is -4.12. The molecule has 0 aliphatic carbocycles. The van der Waals surface area contributed by atoms with Gasteiger partial charge >= 0.3 is 11.9 Å². The number of benzene rings is 2. The molecule has 0 saturated carbocycles. The monoisotopic (exact) mass is 528 g/mol. The van der Waals surface area contributed by atoms with E-state index in [1.807, 2.05) is 31.2 Å². The topological polar surface area (TPSA) is 113 Å². The van der Waals surface area contributed by atoms with Crippen molar-refractivity contribution in [2.45, 2.75) is 43.0 Å². The molecule has 1 saturated heterocycles. The maximum atomic E-state index is 12.9. The lowest BCUT2D eigenvalue weighted by atomic mass is 9.96. The van der Waals surface area contributed by atoms with Crippen LogP contribution in [-0.2, 0) is 19.6 Å². The van der Waals surface area contributed by atoms with Crippen LogP contribution in [0.3, 0.4) is 0 Å². The van der Waals surface area contributed by atoms with Gasteiger partial charge in [0.05, 0.1) is 10.8 Å². The van der Waals surface area contributed by atoms with E-state index in [4.69, 9.17) is 4.74 Å². The predicted molar refractivity (Wildman–Crippen MR) is 138 cm³/mol. The highest BCUT2D eigenvalue weighted by Gasteiger charge is 2.28. The number of carbonyl (C=O) groups is 2. The van der Waals surface area contributed by atoms with Gasteiger partial charge in [0.2, 0.25) is 10.0 Å². The summed E-state index contributed by atoms with van der Waals surface area (Å²) in [6, 6.07) is 15.1. The van der Waals surface area contributed by atoms with Gasteiger partial charge in [0.1, 0.15) is 5.75 Å². The molecule has 2 N–H and O–H groups in total. The largest absolute Gasteiger partial charge is 0.480 e. The molecule has 36 heavy (non-hydrogen) atoms. The molecule has 2 aromatic carbocycles. The van der Waals surface area contributed by atoms with E-state index in [0.29, 0.717) is 11.3 Å². The summed E-state index contributed by atoms with van der Waals surface area (Å²) in [6.45, 7) is 4.00. The van der Waals surface area contributed by atoms with E-state index in [9.17, 15) is 23.1 Å². The van der Waals surface area contributed by atoms with E-state index < -0.39 is 33.9 Å². The van der Waals surface area contributed by atoms with Crippen molar-refractivity contribution in [1.29, 1.82) is 0 Å². The number of thiophene rings is 1. The maximum Gasteiger partial charge on any atom is 0.327 e. The van der Waals surface area contributed by atoms with Crippen molar-refractivity contribution in [2.75, 3.05) is 18.0 Å². The highest BCUT2D eigenvalue weighted by Crippen LogP contribution is 2.28. The van der Waals surface area contributed by atoms with Gasteiger partial charge in [-0.15, -0.1) is 11.3 Å². The van der Waals surface area contributed by atoms with Crippen LogP contribution >= 0.6 is 11.3 Å². The van der Waals surface area contributed by atoms with E-state index in [1.54, 1.807) is 17.5 Å². The Balaban J connectivity index is 1.42. The number of nitrogens with one attached hydrogen (secondary N) is 1. The summed E-state index contributed by atoms with van der Waals surface area (Å²) >= 11 is 1.15. The van der Waals surface area contributed by atoms with E-state index in [1.165, 1.54) is 37.1 Å². The van der Waals surface area contributed by atoms with Crippen molar-refractivity contribution in [1.82, 2.24) is 4.72 Å². The number of hydrogen-bond donors (Lipinski definition) is 2. The number of hydrogen-bond acceptors (Lipinski definition) is 7. The fraction of sp³-hybridized carbons (Fsp3) is 0.308. The van der Waals surface area contributed by atoms with Gasteiger partial charge < -0.3 is 14.7 Å². The summed E-state index contributed by atoms with van der Waals surface area (Å²) in [5.41, 5.74) is 2.01. The van der Waals surface area contributed by atoms with E-state index in [-0.39, 0.29) is 10.6 Å². The van der Waals surface area contributed by atoms with Crippen LogP contribution in [0.2, 0.25) is 0 Å². The second kappa shape index (κ2) is 11.2. The number of ether oxygens (including phenoxy) is 1. The lowest BCUT2D eigenvalue weighted by molar-refractivity contribution is -0.139. The zero-order valence-corrected chi connectivity index (χ0v) is 21.4. The van der Waals surface area contributed by atoms with Gasteiger partial charge in [-0.3, -0.25) is 9.59 Å². The fourth-order valence-corrected chi connectivity index (χ4v) is 6.22. The Bertz CT molecular complexity index is 1280. The average molecular weight is 529 g/mol. The fourth-order valence-electron chi connectivity index (χ4n) is 4.21. The first-order chi connectivity index (χ1) is 17.3. The Morgan fingerprint density at radius 2 is 1.72 bits per heavy atom. The molecule has 2 atom stereocenters. The SMILES string of the molecule is CCC(C(=O)Oc1ccc(S(=O)(=O)NC(C(=O)O)c2cccs2)cc1)c1ccc(N2CCCC2)cc1. The van der Waals surface area contributed by atoms with Crippen molar-refractivity contribution < 1.29 is 27.9 Å². The van der Waals surface area contributed by atoms with Crippen LogP contribution in [0.4, 0.5) is 5.69 Å². The molecule has 1 aliphatic rings. The number of anilines is 1. The third-order valence-electron chi connectivity index (χ3n) is 6.16. The summed E-state index contributed by atoms with van der Waals surface area (Å²) in [4.78, 5) is 27.1. The van der Waals surface area contributed by atoms with Crippen LogP contribution in [0.5, 0.6) is 5.75 Å². The summed E-state index contributed by atoms with van der Waals surface area (Å²) in [5.74, 6) is -1.97. The Labute approximate surface area is 214 Å².